The van der Waals surface area contributed by atoms with Crippen LogP contribution in [0.4, 0.5) is 0 Å². The van der Waals surface area contributed by atoms with Crippen LogP contribution in [0.25, 0.3) is 0 Å². The first kappa shape index (κ1) is 12.3. The minimum absolute atomic E-state index is 0.521. The molecule has 0 aliphatic heterocycles. The maximum absolute atomic E-state index is 5.22. The summed E-state index contributed by atoms with van der Waals surface area (Å²) in [5, 5.41) is 5.71. The van der Waals surface area contributed by atoms with Crippen molar-refractivity contribution in [3.8, 4) is 12.3 Å². The minimum atomic E-state index is 0.521. The van der Waals surface area contributed by atoms with Gasteiger partial charge in [0, 0.05) is 17.3 Å². The minimum Gasteiger partial charge on any atom is -0.309 e. The van der Waals surface area contributed by atoms with Crippen LogP contribution in [0.1, 0.15) is 43.5 Å². The number of nitrogens with one attached hydrogen (secondary N) is 1. The summed E-state index contributed by atoms with van der Waals surface area (Å²) in [6, 6.07) is 4.85. The van der Waals surface area contributed by atoms with E-state index in [0.29, 0.717) is 6.04 Å². The lowest BCUT2D eigenvalue weighted by molar-refractivity contribution is 0.496. The third-order valence-electron chi connectivity index (χ3n) is 2.35. The molecule has 0 saturated heterocycles. The van der Waals surface area contributed by atoms with Gasteiger partial charge in [-0.05, 0) is 30.8 Å². The van der Waals surface area contributed by atoms with Crippen LogP contribution in [0.2, 0.25) is 0 Å². The quantitative estimate of drug-likeness (QED) is 0.548. The van der Waals surface area contributed by atoms with Crippen molar-refractivity contribution in [1.82, 2.24) is 5.32 Å². The van der Waals surface area contributed by atoms with E-state index >= 15 is 0 Å². The van der Waals surface area contributed by atoms with Crippen molar-refractivity contribution in [3.05, 3.63) is 22.4 Å². The van der Waals surface area contributed by atoms with Crippen LogP contribution in [-0.2, 0) is 0 Å². The lowest BCUT2D eigenvalue weighted by atomic mass is 10.1. The molecule has 2 heteroatoms. The molecule has 15 heavy (non-hydrogen) atoms. The van der Waals surface area contributed by atoms with Crippen LogP contribution in [-0.4, -0.2) is 6.54 Å². The zero-order valence-corrected chi connectivity index (χ0v) is 10.1. The Morgan fingerprint density at radius 2 is 2.47 bits per heavy atom. The van der Waals surface area contributed by atoms with E-state index in [9.17, 15) is 0 Å². The number of unbranched alkanes of at least 4 members (excludes halogenated alkanes) is 1. The third kappa shape index (κ3) is 4.51. The highest BCUT2D eigenvalue weighted by molar-refractivity contribution is 7.10. The Morgan fingerprint density at radius 1 is 1.60 bits per heavy atom. The zero-order chi connectivity index (χ0) is 10.9. The molecular weight excluding hydrogens is 202 g/mol. The summed E-state index contributed by atoms with van der Waals surface area (Å²) in [6.45, 7) is 3.25. The van der Waals surface area contributed by atoms with Crippen molar-refractivity contribution < 1.29 is 0 Å². The molecule has 0 saturated carbocycles. The Kier molecular flexibility index (Phi) is 6.15. The van der Waals surface area contributed by atoms with Gasteiger partial charge in [0.25, 0.3) is 0 Å². The molecule has 0 aliphatic carbocycles. The first-order valence-electron chi connectivity index (χ1n) is 5.58. The van der Waals surface area contributed by atoms with E-state index in [1.165, 1.54) is 17.7 Å². The Labute approximate surface area is 96.9 Å². The Bertz CT molecular complexity index is 284. The second-order valence-electron chi connectivity index (χ2n) is 3.62. The van der Waals surface area contributed by atoms with Crippen molar-refractivity contribution in [2.45, 2.75) is 38.6 Å². The highest BCUT2D eigenvalue weighted by atomic mass is 32.1. The van der Waals surface area contributed by atoms with Gasteiger partial charge in [-0.15, -0.1) is 23.7 Å². The molecule has 1 rings (SSSR count). The summed E-state index contributed by atoms with van der Waals surface area (Å²) in [5.41, 5.74) is 0. The summed E-state index contributed by atoms with van der Waals surface area (Å²) >= 11 is 1.83. The average molecular weight is 221 g/mol. The van der Waals surface area contributed by atoms with Crippen molar-refractivity contribution in [2.75, 3.05) is 6.54 Å². The van der Waals surface area contributed by atoms with Crippen LogP contribution in [0.15, 0.2) is 17.5 Å². The average Bonchev–Trinajstić information content (AvgIpc) is 2.76. The fourth-order valence-electron chi connectivity index (χ4n) is 1.59. The highest BCUT2D eigenvalue weighted by Crippen LogP contribution is 2.22. The maximum atomic E-state index is 5.22. The molecule has 1 aromatic rings. The number of terminal acetylenes is 1. The molecule has 0 aliphatic rings. The smallest absolute Gasteiger partial charge is 0.0414 e. The lowest BCUT2D eigenvalue weighted by Crippen LogP contribution is -2.21. The van der Waals surface area contributed by atoms with Gasteiger partial charge in [-0.1, -0.05) is 19.4 Å². The molecule has 1 heterocycles. The fraction of sp³-hybridized carbons (Fsp3) is 0.538. The van der Waals surface area contributed by atoms with Crippen LogP contribution < -0.4 is 5.32 Å². The lowest BCUT2D eigenvalue weighted by Gasteiger charge is -2.16. The normalized spacial score (nSPS) is 12.3. The van der Waals surface area contributed by atoms with Gasteiger partial charge in [-0.2, -0.15) is 0 Å². The van der Waals surface area contributed by atoms with Crippen molar-refractivity contribution in [3.63, 3.8) is 0 Å². The molecule has 0 bridgehead atoms. The fourth-order valence-corrected chi connectivity index (χ4v) is 2.43. The first-order valence-corrected chi connectivity index (χ1v) is 6.46. The predicted octanol–water partition coefficient (Wildman–Crippen LogP) is 3.59. The van der Waals surface area contributed by atoms with Gasteiger partial charge >= 0.3 is 0 Å². The molecule has 0 fully saturated rings. The molecule has 1 aromatic heterocycles. The SMILES string of the molecule is C#CCCCNC(CCC)c1cccs1. The van der Waals surface area contributed by atoms with Crippen molar-refractivity contribution >= 4 is 11.3 Å². The molecular formula is C13H19NS. The maximum Gasteiger partial charge on any atom is 0.0414 e. The first-order chi connectivity index (χ1) is 7.38. The zero-order valence-electron chi connectivity index (χ0n) is 9.33. The van der Waals surface area contributed by atoms with Crippen LogP contribution >= 0.6 is 11.3 Å². The number of hydrogen-bond acceptors (Lipinski definition) is 2. The van der Waals surface area contributed by atoms with Crippen molar-refractivity contribution in [1.29, 1.82) is 0 Å². The summed E-state index contributed by atoms with van der Waals surface area (Å²) < 4.78 is 0. The monoisotopic (exact) mass is 221 g/mol. The van der Waals surface area contributed by atoms with E-state index < -0.39 is 0 Å². The van der Waals surface area contributed by atoms with Gasteiger partial charge in [0.2, 0.25) is 0 Å². The second kappa shape index (κ2) is 7.50. The highest BCUT2D eigenvalue weighted by Gasteiger charge is 2.09. The summed E-state index contributed by atoms with van der Waals surface area (Å²) in [4.78, 5) is 1.44. The molecule has 0 amide bonds. The molecule has 1 N–H and O–H groups in total. The van der Waals surface area contributed by atoms with Crippen molar-refractivity contribution in [2.24, 2.45) is 0 Å². The summed E-state index contributed by atoms with van der Waals surface area (Å²) in [7, 11) is 0. The predicted molar refractivity (Wildman–Crippen MR) is 68.0 cm³/mol. The molecule has 1 atom stereocenters. The van der Waals surface area contributed by atoms with Crippen LogP contribution in [0.3, 0.4) is 0 Å². The van der Waals surface area contributed by atoms with E-state index in [1.54, 1.807) is 0 Å². The Hall–Kier alpha value is -0.780. The van der Waals surface area contributed by atoms with E-state index in [2.05, 4.69) is 35.7 Å². The number of thiophene rings is 1. The van der Waals surface area contributed by atoms with Crippen LogP contribution in [0, 0.1) is 12.3 Å². The largest absolute Gasteiger partial charge is 0.309 e. The van der Waals surface area contributed by atoms with Gasteiger partial charge in [-0.25, -0.2) is 0 Å². The van der Waals surface area contributed by atoms with E-state index in [0.717, 1.165) is 19.4 Å². The number of hydrogen-bond donors (Lipinski definition) is 1. The molecule has 1 nitrogen and oxygen atoms in total. The van der Waals surface area contributed by atoms with Gasteiger partial charge in [0.1, 0.15) is 0 Å². The van der Waals surface area contributed by atoms with Gasteiger partial charge < -0.3 is 5.32 Å². The topological polar surface area (TPSA) is 12.0 Å². The summed E-state index contributed by atoms with van der Waals surface area (Å²) in [5.74, 6) is 2.67. The van der Waals surface area contributed by atoms with E-state index in [1.807, 2.05) is 11.3 Å². The molecule has 82 valence electrons. The van der Waals surface area contributed by atoms with Gasteiger partial charge in [0.15, 0.2) is 0 Å². The van der Waals surface area contributed by atoms with E-state index in [4.69, 9.17) is 6.42 Å². The second-order valence-corrected chi connectivity index (χ2v) is 4.60. The molecule has 0 radical (unpaired) electrons. The van der Waals surface area contributed by atoms with Crippen LogP contribution in [0.5, 0.6) is 0 Å². The van der Waals surface area contributed by atoms with E-state index in [-0.39, 0.29) is 0 Å². The molecule has 0 aromatic carbocycles. The Balaban J connectivity index is 2.35. The number of rotatable bonds is 7. The Morgan fingerprint density at radius 3 is 3.07 bits per heavy atom. The van der Waals surface area contributed by atoms with Gasteiger partial charge in [-0.3, -0.25) is 0 Å². The molecule has 0 spiro atoms. The summed E-state index contributed by atoms with van der Waals surface area (Å²) in [6.07, 6.45) is 9.58. The third-order valence-corrected chi connectivity index (χ3v) is 3.34. The van der Waals surface area contributed by atoms with Gasteiger partial charge in [0.05, 0.1) is 0 Å². The molecule has 1 unspecified atom stereocenters. The standard InChI is InChI=1S/C13H19NS/c1-3-5-6-10-14-12(8-4-2)13-9-7-11-15-13/h1,7,9,11-12,14H,4-6,8,10H2,2H3.